The van der Waals surface area contributed by atoms with Crippen molar-refractivity contribution in [1.82, 2.24) is 15.5 Å². The second kappa shape index (κ2) is 17.9. The van der Waals surface area contributed by atoms with E-state index in [-0.39, 0.29) is 17.7 Å². The van der Waals surface area contributed by atoms with E-state index in [1.807, 2.05) is 45.0 Å². The van der Waals surface area contributed by atoms with E-state index >= 15 is 0 Å². The van der Waals surface area contributed by atoms with Crippen molar-refractivity contribution in [3.05, 3.63) is 35.4 Å². The van der Waals surface area contributed by atoms with E-state index < -0.39 is 23.8 Å². The molecule has 0 aliphatic carbocycles. The molecule has 0 bridgehead atoms. The van der Waals surface area contributed by atoms with Gasteiger partial charge in [-0.1, -0.05) is 102 Å². The van der Waals surface area contributed by atoms with E-state index in [9.17, 15) is 14.4 Å². The largest absolute Gasteiger partial charge is 0.444 e. The quantitative estimate of drug-likeness (QED) is 0.205. The van der Waals surface area contributed by atoms with E-state index in [1.165, 1.54) is 19.3 Å². The van der Waals surface area contributed by atoms with Gasteiger partial charge in [-0.25, -0.2) is 4.79 Å². The summed E-state index contributed by atoms with van der Waals surface area (Å²) in [6, 6.07) is 6.20. The van der Waals surface area contributed by atoms with E-state index in [1.54, 1.807) is 25.7 Å². The zero-order valence-electron chi connectivity index (χ0n) is 25.9. The van der Waals surface area contributed by atoms with Gasteiger partial charge < -0.3 is 20.3 Å². The first-order chi connectivity index (χ1) is 18.4. The highest BCUT2D eigenvalue weighted by molar-refractivity contribution is 5.92. The Balaban J connectivity index is 3.34. The molecule has 1 aromatic rings. The van der Waals surface area contributed by atoms with Crippen LogP contribution >= 0.6 is 0 Å². The number of nitrogens with zero attached hydrogens (tertiary/aromatic N) is 1. The highest BCUT2D eigenvalue weighted by Crippen LogP contribution is 2.25. The number of amides is 3. The van der Waals surface area contributed by atoms with Gasteiger partial charge in [0, 0.05) is 13.1 Å². The minimum atomic E-state index is -0.819. The first kappa shape index (κ1) is 34.5. The first-order valence-electron chi connectivity index (χ1n) is 15.1. The topological polar surface area (TPSA) is 87.7 Å². The van der Waals surface area contributed by atoms with Gasteiger partial charge in [-0.2, -0.15) is 0 Å². The highest BCUT2D eigenvalue weighted by atomic mass is 16.6. The number of nitrogens with one attached hydrogen (secondary N) is 2. The van der Waals surface area contributed by atoms with Crippen LogP contribution in [0, 0.1) is 12.8 Å². The molecule has 7 heteroatoms. The number of carbonyl (C=O) groups excluding carboxylic acids is 3. The van der Waals surface area contributed by atoms with Crippen molar-refractivity contribution < 1.29 is 19.1 Å². The average Bonchev–Trinajstić information content (AvgIpc) is 2.85. The van der Waals surface area contributed by atoms with Gasteiger partial charge in [0.2, 0.25) is 11.8 Å². The van der Waals surface area contributed by atoms with Crippen LogP contribution < -0.4 is 10.6 Å². The number of hydrogen-bond donors (Lipinski definition) is 2. The molecular weight excluding hydrogens is 490 g/mol. The van der Waals surface area contributed by atoms with Crippen LogP contribution in [0.25, 0.3) is 0 Å². The smallest absolute Gasteiger partial charge is 0.408 e. The Labute approximate surface area is 237 Å². The Morgan fingerprint density at radius 2 is 1.44 bits per heavy atom. The van der Waals surface area contributed by atoms with Crippen LogP contribution in [-0.2, 0) is 14.3 Å². The fourth-order valence-electron chi connectivity index (χ4n) is 4.46. The van der Waals surface area contributed by atoms with Gasteiger partial charge in [0.1, 0.15) is 17.7 Å². The van der Waals surface area contributed by atoms with Crippen molar-refractivity contribution in [2.75, 3.05) is 13.1 Å². The maximum absolute atomic E-state index is 14.2. The number of alkyl carbamates (subject to hydrolysis) is 1. The Kier molecular flexibility index (Phi) is 15.8. The summed E-state index contributed by atoms with van der Waals surface area (Å²) in [6.07, 6.45) is 8.75. The lowest BCUT2D eigenvalue weighted by Gasteiger charge is -2.35. The summed E-state index contributed by atoms with van der Waals surface area (Å²) in [6.45, 7) is 16.5. The summed E-state index contributed by atoms with van der Waals surface area (Å²) in [5.74, 6) is -0.642. The summed E-state index contributed by atoms with van der Waals surface area (Å²) in [5.41, 5.74) is 1.17. The molecule has 39 heavy (non-hydrogen) atoms. The monoisotopic (exact) mass is 545 g/mol. The first-order valence-corrected chi connectivity index (χ1v) is 15.1. The van der Waals surface area contributed by atoms with E-state index in [0.29, 0.717) is 13.1 Å². The normalized spacial score (nSPS) is 13.1. The lowest BCUT2D eigenvalue weighted by Crippen LogP contribution is -2.55. The van der Waals surface area contributed by atoms with Crippen LogP contribution in [0.15, 0.2) is 24.3 Å². The van der Waals surface area contributed by atoms with Crippen molar-refractivity contribution in [3.63, 3.8) is 0 Å². The van der Waals surface area contributed by atoms with Crippen molar-refractivity contribution in [1.29, 1.82) is 0 Å². The van der Waals surface area contributed by atoms with Crippen LogP contribution in [0.3, 0.4) is 0 Å². The number of benzene rings is 1. The third kappa shape index (κ3) is 13.4. The maximum Gasteiger partial charge on any atom is 0.408 e. The van der Waals surface area contributed by atoms with Crippen LogP contribution in [0.1, 0.15) is 123 Å². The Hall–Kier alpha value is -2.57. The summed E-state index contributed by atoms with van der Waals surface area (Å²) < 4.78 is 5.47. The number of hydrogen-bond acceptors (Lipinski definition) is 4. The second-order valence-corrected chi connectivity index (χ2v) is 12.0. The SMILES string of the molecule is CCCCCCCCN(C(=O)C(NC(=O)OC(C)(C)C)C(C)C)C(C(=O)NCCCCC)c1ccc(C)cc1. The number of rotatable bonds is 17. The standard InChI is InChI=1S/C32H55N3O4/c1-9-11-13-14-15-17-23-35(30(37)27(24(3)4)34-31(38)39-32(6,7)8)28(26-20-18-25(5)19-21-26)29(36)33-22-16-12-10-2/h18-21,24,27-28H,9-17,22-23H2,1-8H3,(H,33,36)(H,34,38). The third-order valence-corrected chi connectivity index (χ3v) is 6.67. The zero-order valence-corrected chi connectivity index (χ0v) is 25.9. The minimum Gasteiger partial charge on any atom is -0.444 e. The van der Waals surface area contributed by atoms with Crippen LogP contribution in [0.4, 0.5) is 4.79 Å². The van der Waals surface area contributed by atoms with Crippen molar-refractivity contribution in [2.45, 2.75) is 131 Å². The molecule has 7 nitrogen and oxygen atoms in total. The molecule has 2 N–H and O–H groups in total. The zero-order chi connectivity index (χ0) is 29.4. The number of ether oxygens (including phenoxy) is 1. The van der Waals surface area contributed by atoms with Gasteiger partial charge in [0.15, 0.2) is 0 Å². The van der Waals surface area contributed by atoms with Gasteiger partial charge in [-0.05, 0) is 52.0 Å². The maximum atomic E-state index is 14.2. The molecule has 3 amide bonds. The molecule has 1 rings (SSSR count). The van der Waals surface area contributed by atoms with Crippen molar-refractivity contribution in [2.24, 2.45) is 5.92 Å². The number of aryl methyl sites for hydroxylation is 1. The molecule has 0 aliphatic heterocycles. The Morgan fingerprint density at radius 3 is 2.00 bits per heavy atom. The minimum absolute atomic E-state index is 0.186. The Morgan fingerprint density at radius 1 is 0.872 bits per heavy atom. The van der Waals surface area contributed by atoms with Crippen LogP contribution in [0.5, 0.6) is 0 Å². The molecule has 0 spiro atoms. The molecule has 0 radical (unpaired) electrons. The molecule has 0 heterocycles. The molecule has 0 aliphatic rings. The number of unbranched alkanes of at least 4 members (excludes halogenated alkanes) is 7. The van der Waals surface area contributed by atoms with E-state index in [2.05, 4.69) is 24.5 Å². The lowest BCUT2D eigenvalue weighted by molar-refractivity contribution is -0.143. The fourth-order valence-corrected chi connectivity index (χ4v) is 4.46. The molecule has 2 unspecified atom stereocenters. The van der Waals surface area contributed by atoms with Crippen LogP contribution in [0.2, 0.25) is 0 Å². The van der Waals surface area contributed by atoms with Gasteiger partial charge in [-0.15, -0.1) is 0 Å². The molecule has 0 saturated carbocycles. The summed E-state index contributed by atoms with van der Waals surface area (Å²) in [7, 11) is 0. The van der Waals surface area contributed by atoms with Crippen molar-refractivity contribution in [3.8, 4) is 0 Å². The fraction of sp³-hybridized carbons (Fsp3) is 0.719. The predicted molar refractivity (Wildman–Crippen MR) is 160 cm³/mol. The third-order valence-electron chi connectivity index (χ3n) is 6.67. The van der Waals surface area contributed by atoms with E-state index in [0.717, 1.165) is 49.7 Å². The lowest BCUT2D eigenvalue weighted by atomic mass is 9.97. The molecule has 0 saturated heterocycles. The van der Waals surface area contributed by atoms with Gasteiger partial charge >= 0.3 is 6.09 Å². The molecule has 222 valence electrons. The van der Waals surface area contributed by atoms with Gasteiger partial charge in [-0.3, -0.25) is 9.59 Å². The summed E-state index contributed by atoms with van der Waals surface area (Å²) >= 11 is 0. The molecule has 0 aromatic heterocycles. The Bertz CT molecular complexity index is 861. The molecular formula is C32H55N3O4. The average molecular weight is 546 g/mol. The van der Waals surface area contributed by atoms with Crippen LogP contribution in [-0.4, -0.2) is 47.5 Å². The highest BCUT2D eigenvalue weighted by Gasteiger charge is 2.37. The van der Waals surface area contributed by atoms with Gasteiger partial charge in [0.05, 0.1) is 0 Å². The second-order valence-electron chi connectivity index (χ2n) is 12.0. The van der Waals surface area contributed by atoms with E-state index in [4.69, 9.17) is 4.74 Å². The predicted octanol–water partition coefficient (Wildman–Crippen LogP) is 7.08. The molecule has 1 aromatic carbocycles. The molecule has 2 atom stereocenters. The number of carbonyl (C=O) groups is 3. The van der Waals surface area contributed by atoms with Gasteiger partial charge in [0.25, 0.3) is 0 Å². The summed E-state index contributed by atoms with van der Waals surface area (Å²) in [4.78, 5) is 42.3. The van der Waals surface area contributed by atoms with Crippen molar-refractivity contribution >= 4 is 17.9 Å². The molecule has 0 fully saturated rings. The summed E-state index contributed by atoms with van der Waals surface area (Å²) in [5, 5.41) is 5.88.